The normalized spacial score (nSPS) is 19.0. The standard InChI is InChI=1S/2C16H13.2C3H9N.C2H7Si.2ClH.2HI.Ti/c2*1-12-10-14-8-5-9-15(16(14)11-12)13-6-3-2-4-7-13;2*1-4(2)3;1-3-2;;;;;/h2*2-11H,1H3;2*1-3H3;3H,1-2H3;4*1H;/q;;;;;;;;;+4/p-4. The van der Waals surface area contributed by atoms with Crippen molar-refractivity contribution in [3.63, 3.8) is 0 Å². The van der Waals surface area contributed by atoms with E-state index in [-0.39, 0.29) is 8.45 Å². The van der Waals surface area contributed by atoms with E-state index in [1.807, 2.05) is 52.1 Å². The fourth-order valence-corrected chi connectivity index (χ4v) is 45.3. The Kier molecular flexibility index (Phi) is 11.4. The number of hydrogen-bond donors (Lipinski definition) is 0. The van der Waals surface area contributed by atoms with Gasteiger partial charge in [0.1, 0.15) is 0 Å². The van der Waals surface area contributed by atoms with E-state index in [0.29, 0.717) is 0 Å². The summed E-state index contributed by atoms with van der Waals surface area (Å²) in [6.07, 6.45) is 4.75. The van der Waals surface area contributed by atoms with Crippen molar-refractivity contribution in [3.8, 4) is 22.3 Å². The predicted molar refractivity (Wildman–Crippen MR) is 234 cm³/mol. The molecule has 0 saturated carbocycles. The first kappa shape index (κ1) is 40.0. The molecule has 4 aromatic rings. The second kappa shape index (κ2) is 13.7. The van der Waals surface area contributed by atoms with Crippen LogP contribution in [0.5, 0.6) is 0 Å². The molecular formula is C40H51Cl2I2N2SiTi. The van der Waals surface area contributed by atoms with Gasteiger partial charge in [-0.15, -0.1) is 0 Å². The van der Waals surface area contributed by atoms with Crippen molar-refractivity contribution in [1.82, 2.24) is 9.80 Å². The van der Waals surface area contributed by atoms with E-state index in [4.69, 9.17) is 18.6 Å². The molecule has 4 aromatic carbocycles. The SMILES string of the molecule is CC1=Cc2c(-c3ccccc3)cccc2[CH]1[Ti]([Cl])([Cl])([I])([I])([CH]1C(C)=Cc2c(-c3ccccc3)cccc21)[SiH](C)C.CN(C)C.CN(C)C. The van der Waals surface area contributed by atoms with E-state index in [0.717, 1.165) is 0 Å². The van der Waals surface area contributed by atoms with Crippen LogP contribution in [-0.4, -0.2) is 58.7 Å². The van der Waals surface area contributed by atoms with Crippen LogP contribution in [0, 0.1) is 0 Å². The Morgan fingerprint density at radius 2 is 0.854 bits per heavy atom. The molecule has 2 aliphatic carbocycles. The van der Waals surface area contributed by atoms with Gasteiger partial charge >= 0.3 is 266 Å². The molecule has 257 valence electrons. The zero-order chi connectivity index (χ0) is 35.8. The number of halogens is 4. The average Bonchev–Trinajstić information content (AvgIpc) is 3.54. The van der Waals surface area contributed by atoms with Crippen LogP contribution in [0.3, 0.4) is 0 Å². The third-order valence-corrected chi connectivity index (χ3v) is 92.7. The largest absolute Gasteiger partial charge is 0.312 e. The summed E-state index contributed by atoms with van der Waals surface area (Å²) < 4.78 is -5.81. The second-order valence-corrected chi connectivity index (χ2v) is 110. The molecule has 8 heteroatoms. The summed E-state index contributed by atoms with van der Waals surface area (Å²) in [4.78, 5) is 4.00. The Hall–Kier alpha value is -0.749. The van der Waals surface area contributed by atoms with Crippen LogP contribution in [0.2, 0.25) is 13.1 Å². The zero-order valence-electron chi connectivity index (χ0n) is 30.0. The van der Waals surface area contributed by atoms with Crippen LogP contribution < -0.4 is 0 Å². The molecule has 2 unspecified atom stereocenters. The molecule has 2 aliphatic rings. The Bertz CT molecular complexity index is 1750. The minimum Gasteiger partial charge on any atom is -0.312 e. The molecule has 0 radical (unpaired) electrons. The van der Waals surface area contributed by atoms with E-state index in [9.17, 15) is 0 Å². The van der Waals surface area contributed by atoms with Crippen LogP contribution >= 0.6 is 57.0 Å². The third kappa shape index (κ3) is 7.16. The van der Waals surface area contributed by atoms with Crippen LogP contribution in [0.4, 0.5) is 0 Å². The van der Waals surface area contributed by atoms with Gasteiger partial charge in [0.15, 0.2) is 0 Å². The summed E-state index contributed by atoms with van der Waals surface area (Å²) in [6.45, 7) is 7.49. The van der Waals surface area contributed by atoms with Crippen molar-refractivity contribution in [2.45, 2.75) is 35.4 Å². The number of fused-ring (bicyclic) bond motifs is 2. The number of allylic oxidation sites excluding steroid dienone is 2. The molecule has 0 saturated heterocycles. The summed E-state index contributed by atoms with van der Waals surface area (Å²) in [7, 11) is 29.6. The van der Waals surface area contributed by atoms with E-state index in [2.05, 4.69) is 175 Å². The van der Waals surface area contributed by atoms with Crippen LogP contribution in [0.1, 0.15) is 44.5 Å². The second-order valence-electron chi connectivity index (χ2n) is 15.1. The predicted octanol–water partition coefficient (Wildman–Crippen LogP) is 12.7. The minimum absolute atomic E-state index is 0.0487. The summed E-state index contributed by atoms with van der Waals surface area (Å²) in [5.41, 5.74) is 12.6. The maximum Gasteiger partial charge on any atom is -0.0140 e. The Morgan fingerprint density at radius 1 is 0.542 bits per heavy atom. The molecule has 0 aliphatic heterocycles. The van der Waals surface area contributed by atoms with Gasteiger partial charge in [0, 0.05) is 0 Å². The van der Waals surface area contributed by atoms with Gasteiger partial charge in [-0.1, -0.05) is 0 Å². The monoisotopic (exact) mass is 959 g/mol. The van der Waals surface area contributed by atoms with Gasteiger partial charge in [0.25, 0.3) is 0 Å². The van der Waals surface area contributed by atoms with Crippen molar-refractivity contribution in [2.24, 2.45) is 0 Å². The molecule has 0 bridgehead atoms. The van der Waals surface area contributed by atoms with Crippen molar-refractivity contribution in [1.29, 1.82) is 0 Å². The fraction of sp³-hybridized carbons (Fsp3) is 0.300. The molecule has 48 heavy (non-hydrogen) atoms. The number of hydrogen-bond acceptors (Lipinski definition) is 2. The van der Waals surface area contributed by atoms with Gasteiger partial charge in [0.05, 0.1) is 0 Å². The van der Waals surface area contributed by atoms with Crippen LogP contribution in [-0.2, 0) is 2.38 Å². The van der Waals surface area contributed by atoms with Gasteiger partial charge in [-0.25, -0.2) is 0 Å². The first-order valence-corrected chi connectivity index (χ1v) is 38.3. The molecule has 6 rings (SSSR count). The third-order valence-electron chi connectivity index (χ3n) is 9.81. The van der Waals surface area contributed by atoms with Gasteiger partial charge in [0.2, 0.25) is 0 Å². The smallest absolute Gasteiger partial charge is 0.0140 e. The number of nitrogens with zero attached hydrogens (tertiary/aromatic N) is 2. The maximum absolute atomic E-state index is 8.79. The number of rotatable bonds is 5. The molecule has 0 N–H and O–H groups in total. The van der Waals surface area contributed by atoms with E-state index in [1.165, 1.54) is 55.7 Å². The van der Waals surface area contributed by atoms with E-state index >= 15 is 0 Å². The van der Waals surface area contributed by atoms with Gasteiger partial charge in [-0.3, -0.25) is 0 Å². The minimum atomic E-state index is -5.71. The molecule has 0 fully saturated rings. The first-order chi connectivity index (χ1) is 22.2. The van der Waals surface area contributed by atoms with Crippen molar-refractivity contribution < 1.29 is 2.38 Å². The quantitative estimate of drug-likeness (QED) is 0.145. The summed E-state index contributed by atoms with van der Waals surface area (Å²) in [6, 6.07) is 34.8. The van der Waals surface area contributed by atoms with Gasteiger partial charge < -0.3 is 9.80 Å². The van der Waals surface area contributed by atoms with Crippen molar-refractivity contribution in [2.75, 3.05) is 42.3 Å². The molecule has 2 nitrogen and oxygen atoms in total. The molecular weight excluding hydrogens is 909 g/mol. The average molecular weight is 961 g/mol. The fourth-order valence-electron chi connectivity index (χ4n) is 7.72. The maximum atomic E-state index is 8.79. The Balaban J connectivity index is 0.000000588. The van der Waals surface area contributed by atoms with Crippen LogP contribution in [0.25, 0.3) is 34.4 Å². The molecule has 2 atom stereocenters. The van der Waals surface area contributed by atoms with Crippen molar-refractivity contribution in [3.05, 3.63) is 130 Å². The molecule has 0 heterocycles. The topological polar surface area (TPSA) is 6.48 Å². The molecule has 0 amide bonds. The number of benzene rings is 4. The van der Waals surface area contributed by atoms with E-state index < -0.39 is 9.04 Å². The van der Waals surface area contributed by atoms with Crippen molar-refractivity contribution >= 4 is 75.8 Å². The molecule has 0 spiro atoms. The van der Waals surface area contributed by atoms with E-state index in [1.54, 1.807) is 0 Å². The van der Waals surface area contributed by atoms with Gasteiger partial charge in [-0.2, -0.15) is 0 Å². The Labute approximate surface area is 314 Å². The summed E-state index contributed by atoms with van der Waals surface area (Å²) in [5.74, 6) is 0. The first-order valence-electron chi connectivity index (χ1n) is 16.6. The summed E-state index contributed by atoms with van der Waals surface area (Å²) >= 11 is 5.45. The van der Waals surface area contributed by atoms with Crippen LogP contribution in [0.15, 0.2) is 108 Å². The van der Waals surface area contributed by atoms with Gasteiger partial charge in [-0.05, 0) is 42.3 Å². The molecule has 0 aromatic heterocycles. The summed E-state index contributed by atoms with van der Waals surface area (Å²) in [5, 5.41) is 0. The Morgan fingerprint density at radius 3 is 1.15 bits per heavy atom. The zero-order valence-corrected chi connectivity index (χ0v) is 38.6.